The fourth-order valence-corrected chi connectivity index (χ4v) is 4.55. The van der Waals surface area contributed by atoms with Gasteiger partial charge in [-0.3, -0.25) is 4.90 Å². The van der Waals surface area contributed by atoms with Crippen molar-refractivity contribution in [2.75, 3.05) is 13.1 Å². The summed E-state index contributed by atoms with van der Waals surface area (Å²) in [6.45, 7) is 8.43. The molecule has 6 nitrogen and oxygen atoms in total. The maximum Gasteiger partial charge on any atom is 0.252 e. The number of hydrogen-bond acceptors (Lipinski definition) is 4. The summed E-state index contributed by atoms with van der Waals surface area (Å²) < 4.78 is 4.24. The number of piperidine rings is 1. The van der Waals surface area contributed by atoms with Crippen molar-refractivity contribution in [3.63, 3.8) is 0 Å². The molecule has 1 aliphatic heterocycles. The van der Waals surface area contributed by atoms with Crippen LogP contribution in [0, 0.1) is 6.92 Å². The predicted octanol–water partition coefficient (Wildman–Crippen LogP) is 3.79. The highest BCUT2D eigenvalue weighted by atomic mass is 15.3. The highest BCUT2D eigenvalue weighted by Gasteiger charge is 2.24. The fourth-order valence-electron chi connectivity index (χ4n) is 4.55. The zero-order chi connectivity index (χ0) is 19.1. The zero-order valence-corrected chi connectivity index (χ0v) is 16.5. The average molecular weight is 374 g/mol. The molecular weight excluding hydrogens is 348 g/mol. The van der Waals surface area contributed by atoms with Gasteiger partial charge in [0, 0.05) is 43.0 Å². The van der Waals surface area contributed by atoms with Crippen LogP contribution in [0.25, 0.3) is 16.7 Å². The van der Waals surface area contributed by atoms with Gasteiger partial charge in [-0.15, -0.1) is 0 Å². The van der Waals surface area contributed by atoms with E-state index in [2.05, 4.69) is 68.0 Å². The first kappa shape index (κ1) is 17.4. The van der Waals surface area contributed by atoms with Crippen molar-refractivity contribution >= 4 is 16.7 Å². The molecule has 0 bridgehead atoms. The number of hydrogen-bond donors (Lipinski definition) is 0. The minimum atomic E-state index is 0.461. The molecule has 28 heavy (non-hydrogen) atoms. The van der Waals surface area contributed by atoms with Crippen LogP contribution in [0.3, 0.4) is 0 Å². The lowest BCUT2D eigenvalue weighted by Crippen LogP contribution is -2.34. The van der Waals surface area contributed by atoms with Crippen LogP contribution < -0.4 is 0 Å². The van der Waals surface area contributed by atoms with E-state index in [0.717, 1.165) is 31.9 Å². The summed E-state index contributed by atoms with van der Waals surface area (Å²) in [5.74, 6) is 1.17. The van der Waals surface area contributed by atoms with Crippen molar-refractivity contribution in [1.29, 1.82) is 0 Å². The van der Waals surface area contributed by atoms with Crippen molar-refractivity contribution in [2.45, 2.75) is 45.7 Å². The van der Waals surface area contributed by atoms with Crippen molar-refractivity contribution in [1.82, 2.24) is 29.0 Å². The number of rotatable bonds is 4. The topological polar surface area (TPSA) is 51.2 Å². The third-order valence-electron chi connectivity index (χ3n) is 5.92. The van der Waals surface area contributed by atoms with Crippen LogP contribution >= 0.6 is 0 Å². The third kappa shape index (κ3) is 3.07. The van der Waals surface area contributed by atoms with E-state index >= 15 is 0 Å². The normalized spacial score (nSPS) is 18.3. The Bertz CT molecular complexity index is 1120. The molecule has 1 atom stereocenters. The number of fused-ring (bicyclic) bond motifs is 2. The second kappa shape index (κ2) is 7.02. The summed E-state index contributed by atoms with van der Waals surface area (Å²) in [6.07, 6.45) is 6.17. The largest absolute Gasteiger partial charge is 0.348 e. The highest BCUT2D eigenvalue weighted by molar-refractivity contribution is 5.80. The molecule has 1 unspecified atom stereocenters. The van der Waals surface area contributed by atoms with E-state index in [0.29, 0.717) is 11.7 Å². The molecule has 6 heteroatoms. The number of aryl methyl sites for hydroxylation is 2. The van der Waals surface area contributed by atoms with Gasteiger partial charge < -0.3 is 4.57 Å². The van der Waals surface area contributed by atoms with E-state index in [4.69, 9.17) is 0 Å². The highest BCUT2D eigenvalue weighted by Crippen LogP contribution is 2.28. The monoisotopic (exact) mass is 374 g/mol. The Kier molecular flexibility index (Phi) is 4.36. The molecule has 1 saturated heterocycles. The van der Waals surface area contributed by atoms with Gasteiger partial charge in [0.2, 0.25) is 0 Å². The molecule has 0 N–H and O–H groups in total. The van der Waals surface area contributed by atoms with Gasteiger partial charge in [-0.2, -0.15) is 10.1 Å². The Labute approximate surface area is 164 Å². The number of nitrogens with zero attached hydrogens (tertiary/aromatic N) is 6. The summed E-state index contributed by atoms with van der Waals surface area (Å²) in [5.41, 5.74) is 4.97. The standard InChI is InChI=1S/C22H26N6/c1-3-27-10-8-18-7-6-17(12-20(18)27)13-26-9-4-5-19(14-26)21-11-16(2)25-22-23-15-24-28(21)22/h6-8,10-12,15,19H,3-5,9,13-14H2,1-2H3. The van der Waals surface area contributed by atoms with E-state index in [9.17, 15) is 0 Å². The maximum absolute atomic E-state index is 4.49. The first-order valence-corrected chi connectivity index (χ1v) is 10.2. The first-order chi connectivity index (χ1) is 13.7. The van der Waals surface area contributed by atoms with E-state index in [1.807, 2.05) is 11.4 Å². The lowest BCUT2D eigenvalue weighted by atomic mass is 9.93. The van der Waals surface area contributed by atoms with Crippen LogP contribution in [-0.2, 0) is 13.1 Å². The van der Waals surface area contributed by atoms with Gasteiger partial charge in [0.05, 0.1) is 5.69 Å². The van der Waals surface area contributed by atoms with Crippen molar-refractivity contribution < 1.29 is 0 Å². The van der Waals surface area contributed by atoms with Crippen LogP contribution in [0.5, 0.6) is 0 Å². The molecule has 0 radical (unpaired) electrons. The van der Waals surface area contributed by atoms with Crippen LogP contribution in [0.15, 0.2) is 42.9 Å². The summed E-state index contributed by atoms with van der Waals surface area (Å²) in [7, 11) is 0. The third-order valence-corrected chi connectivity index (χ3v) is 5.92. The van der Waals surface area contributed by atoms with Gasteiger partial charge in [0.1, 0.15) is 6.33 Å². The van der Waals surface area contributed by atoms with Crippen LogP contribution in [0.1, 0.15) is 42.6 Å². The van der Waals surface area contributed by atoms with Gasteiger partial charge >= 0.3 is 0 Å². The Balaban J connectivity index is 1.39. The molecule has 4 heterocycles. The molecule has 3 aromatic heterocycles. The van der Waals surface area contributed by atoms with Gasteiger partial charge in [-0.1, -0.05) is 12.1 Å². The smallest absolute Gasteiger partial charge is 0.252 e. The Hall–Kier alpha value is -2.73. The summed E-state index contributed by atoms with van der Waals surface area (Å²) in [6, 6.07) is 11.3. The number of likely N-dealkylation sites (tertiary alicyclic amines) is 1. The van der Waals surface area contributed by atoms with Gasteiger partial charge in [-0.05, 0) is 62.4 Å². The van der Waals surface area contributed by atoms with Crippen LogP contribution in [0.4, 0.5) is 0 Å². The molecule has 144 valence electrons. The summed E-state index contributed by atoms with van der Waals surface area (Å²) in [4.78, 5) is 11.4. The van der Waals surface area contributed by atoms with E-state index in [1.54, 1.807) is 6.33 Å². The molecule has 1 aromatic carbocycles. The predicted molar refractivity (Wildman–Crippen MR) is 110 cm³/mol. The molecule has 4 aromatic rings. The quantitative estimate of drug-likeness (QED) is 0.545. The molecule has 0 spiro atoms. The average Bonchev–Trinajstić information content (AvgIpc) is 3.33. The molecule has 5 rings (SSSR count). The lowest BCUT2D eigenvalue weighted by Gasteiger charge is -2.33. The molecular formula is C22H26N6. The Morgan fingerprint density at radius 3 is 3.00 bits per heavy atom. The van der Waals surface area contributed by atoms with Crippen molar-refractivity contribution in [3.8, 4) is 0 Å². The van der Waals surface area contributed by atoms with E-state index in [1.165, 1.54) is 35.0 Å². The van der Waals surface area contributed by atoms with E-state index in [-0.39, 0.29) is 0 Å². The summed E-state index contributed by atoms with van der Waals surface area (Å²) in [5, 5.41) is 5.74. The minimum absolute atomic E-state index is 0.461. The van der Waals surface area contributed by atoms with Crippen LogP contribution in [-0.4, -0.2) is 42.1 Å². The maximum atomic E-state index is 4.49. The summed E-state index contributed by atoms with van der Waals surface area (Å²) >= 11 is 0. The fraction of sp³-hybridized carbons (Fsp3) is 0.409. The van der Waals surface area contributed by atoms with Crippen molar-refractivity contribution in [3.05, 3.63) is 59.8 Å². The van der Waals surface area contributed by atoms with Crippen LogP contribution in [0.2, 0.25) is 0 Å². The Morgan fingerprint density at radius 2 is 2.11 bits per heavy atom. The molecule has 1 aliphatic rings. The lowest BCUT2D eigenvalue weighted by molar-refractivity contribution is 0.197. The van der Waals surface area contributed by atoms with Crippen molar-refractivity contribution in [2.24, 2.45) is 0 Å². The van der Waals surface area contributed by atoms with Gasteiger partial charge in [0.15, 0.2) is 0 Å². The van der Waals surface area contributed by atoms with Gasteiger partial charge in [0.25, 0.3) is 5.78 Å². The second-order valence-corrected chi connectivity index (χ2v) is 7.86. The molecule has 0 saturated carbocycles. The Morgan fingerprint density at radius 1 is 1.18 bits per heavy atom. The zero-order valence-electron chi connectivity index (χ0n) is 16.5. The number of benzene rings is 1. The molecule has 0 amide bonds. The number of aromatic nitrogens is 5. The SMILES string of the molecule is CCn1ccc2ccc(CN3CCCC(c4cc(C)nc5ncnn45)C3)cc21. The molecule has 1 fully saturated rings. The van der Waals surface area contributed by atoms with E-state index < -0.39 is 0 Å². The molecule has 0 aliphatic carbocycles. The second-order valence-electron chi connectivity index (χ2n) is 7.86. The first-order valence-electron chi connectivity index (χ1n) is 10.2. The minimum Gasteiger partial charge on any atom is -0.348 e. The van der Waals surface area contributed by atoms with Gasteiger partial charge in [-0.25, -0.2) is 9.50 Å².